The summed E-state index contributed by atoms with van der Waals surface area (Å²) >= 11 is 0. The second kappa shape index (κ2) is 9.04. The second-order valence-electron chi connectivity index (χ2n) is 7.83. The van der Waals surface area contributed by atoms with Gasteiger partial charge in [-0.15, -0.1) is 0 Å². The van der Waals surface area contributed by atoms with Crippen LogP contribution in [0.1, 0.15) is 73.1 Å². The molecule has 20 heavy (non-hydrogen) atoms. The number of piperidine rings is 1. The molecule has 1 heterocycles. The van der Waals surface area contributed by atoms with E-state index in [0.717, 1.165) is 12.5 Å². The average molecular weight is 283 g/mol. The first-order chi connectivity index (χ1) is 9.43. The Morgan fingerprint density at radius 1 is 1.15 bits per heavy atom. The Hall–Kier alpha value is -0.0800. The van der Waals surface area contributed by atoms with Crippen LogP contribution < -0.4 is 5.32 Å². The first kappa shape index (κ1) is 18.0. The zero-order valence-electron chi connectivity index (χ0n) is 14.7. The van der Waals surface area contributed by atoms with Gasteiger partial charge in [-0.1, -0.05) is 47.0 Å². The zero-order chi connectivity index (χ0) is 15.0. The molecule has 0 aliphatic carbocycles. The monoisotopic (exact) mass is 282 g/mol. The van der Waals surface area contributed by atoms with Crippen LogP contribution in [0, 0.1) is 11.3 Å². The van der Waals surface area contributed by atoms with E-state index in [0.29, 0.717) is 11.5 Å². The van der Waals surface area contributed by atoms with Crippen LogP contribution >= 0.6 is 0 Å². The maximum Gasteiger partial charge on any atom is 0.0107 e. The fourth-order valence-corrected chi connectivity index (χ4v) is 3.29. The van der Waals surface area contributed by atoms with E-state index in [9.17, 15) is 0 Å². The molecule has 1 unspecified atom stereocenters. The molecule has 1 aliphatic heterocycles. The predicted molar refractivity (Wildman–Crippen MR) is 90.2 cm³/mol. The molecule has 1 fully saturated rings. The summed E-state index contributed by atoms with van der Waals surface area (Å²) in [5.41, 5.74) is 0.498. The van der Waals surface area contributed by atoms with Gasteiger partial charge in [0.15, 0.2) is 0 Å². The Morgan fingerprint density at radius 3 is 2.35 bits per heavy atom. The SMILES string of the molecule is CCCCCC(C)NCCN1CCC(C(C)(C)C)CC1. The molecule has 120 valence electrons. The highest BCUT2D eigenvalue weighted by atomic mass is 15.1. The van der Waals surface area contributed by atoms with Gasteiger partial charge in [0.2, 0.25) is 0 Å². The normalized spacial score (nSPS) is 20.2. The number of hydrogen-bond donors (Lipinski definition) is 1. The number of nitrogens with one attached hydrogen (secondary N) is 1. The summed E-state index contributed by atoms with van der Waals surface area (Å²) in [6, 6.07) is 0.689. The molecule has 0 aromatic heterocycles. The van der Waals surface area contributed by atoms with Crippen molar-refractivity contribution in [2.75, 3.05) is 26.2 Å². The molecular weight excluding hydrogens is 244 g/mol. The highest BCUT2D eigenvalue weighted by Crippen LogP contribution is 2.33. The first-order valence-electron chi connectivity index (χ1n) is 8.89. The molecular formula is C18H38N2. The van der Waals surface area contributed by atoms with E-state index in [1.807, 2.05) is 0 Å². The minimum absolute atomic E-state index is 0.498. The molecule has 2 heteroatoms. The van der Waals surface area contributed by atoms with E-state index in [1.165, 1.54) is 58.2 Å². The predicted octanol–water partition coefficient (Wildman–Crippen LogP) is 4.30. The Kier molecular flexibility index (Phi) is 8.13. The lowest BCUT2D eigenvalue weighted by molar-refractivity contribution is 0.112. The summed E-state index contributed by atoms with van der Waals surface area (Å²) < 4.78 is 0. The van der Waals surface area contributed by atoms with E-state index in [-0.39, 0.29) is 0 Å². The van der Waals surface area contributed by atoms with Gasteiger partial charge < -0.3 is 10.2 Å². The molecule has 1 aliphatic rings. The van der Waals surface area contributed by atoms with Crippen molar-refractivity contribution in [3.05, 3.63) is 0 Å². The van der Waals surface area contributed by atoms with Gasteiger partial charge in [0.05, 0.1) is 0 Å². The van der Waals surface area contributed by atoms with E-state index in [4.69, 9.17) is 0 Å². The molecule has 0 bridgehead atoms. The summed E-state index contributed by atoms with van der Waals surface area (Å²) in [6.07, 6.45) is 8.19. The molecule has 0 aromatic carbocycles. The fraction of sp³-hybridized carbons (Fsp3) is 1.00. The van der Waals surface area contributed by atoms with Crippen LogP contribution in [0.5, 0.6) is 0 Å². The Labute approximate surface area is 127 Å². The van der Waals surface area contributed by atoms with E-state index >= 15 is 0 Å². The summed E-state index contributed by atoms with van der Waals surface area (Å²) in [5, 5.41) is 3.69. The van der Waals surface area contributed by atoms with Crippen LogP contribution in [0.4, 0.5) is 0 Å². The molecule has 0 amide bonds. The topological polar surface area (TPSA) is 15.3 Å². The second-order valence-corrected chi connectivity index (χ2v) is 7.83. The van der Waals surface area contributed by atoms with Gasteiger partial charge in [-0.25, -0.2) is 0 Å². The van der Waals surface area contributed by atoms with Crippen molar-refractivity contribution < 1.29 is 0 Å². The van der Waals surface area contributed by atoms with Crippen molar-refractivity contribution in [1.29, 1.82) is 0 Å². The summed E-state index contributed by atoms with van der Waals surface area (Å²) in [5.74, 6) is 0.916. The number of nitrogens with zero attached hydrogens (tertiary/aromatic N) is 1. The average Bonchev–Trinajstić information content (AvgIpc) is 2.38. The molecule has 0 radical (unpaired) electrons. The Bertz CT molecular complexity index is 236. The Morgan fingerprint density at radius 2 is 1.80 bits per heavy atom. The van der Waals surface area contributed by atoms with E-state index in [1.54, 1.807) is 0 Å². The lowest BCUT2D eigenvalue weighted by Gasteiger charge is -2.38. The molecule has 0 aromatic rings. The fourth-order valence-electron chi connectivity index (χ4n) is 3.29. The van der Waals surface area contributed by atoms with Crippen LogP contribution in [0.2, 0.25) is 0 Å². The molecule has 0 saturated carbocycles. The van der Waals surface area contributed by atoms with Gasteiger partial charge in [-0.05, 0) is 50.6 Å². The maximum atomic E-state index is 3.69. The zero-order valence-corrected chi connectivity index (χ0v) is 14.7. The lowest BCUT2D eigenvalue weighted by Crippen LogP contribution is -2.42. The van der Waals surface area contributed by atoms with Crippen molar-refractivity contribution in [3.8, 4) is 0 Å². The lowest BCUT2D eigenvalue weighted by atomic mass is 9.75. The summed E-state index contributed by atoms with van der Waals surface area (Å²) in [7, 11) is 0. The van der Waals surface area contributed by atoms with Gasteiger partial charge in [-0.3, -0.25) is 0 Å². The van der Waals surface area contributed by atoms with Gasteiger partial charge in [0, 0.05) is 19.1 Å². The molecule has 2 nitrogen and oxygen atoms in total. The molecule has 1 N–H and O–H groups in total. The van der Waals surface area contributed by atoms with Crippen LogP contribution in [0.25, 0.3) is 0 Å². The molecule has 1 rings (SSSR count). The summed E-state index contributed by atoms with van der Waals surface area (Å²) in [6.45, 7) is 16.8. The van der Waals surface area contributed by atoms with Crippen LogP contribution in [0.3, 0.4) is 0 Å². The molecule has 1 atom stereocenters. The summed E-state index contributed by atoms with van der Waals surface area (Å²) in [4.78, 5) is 2.65. The minimum Gasteiger partial charge on any atom is -0.313 e. The van der Waals surface area contributed by atoms with E-state index in [2.05, 4.69) is 44.8 Å². The van der Waals surface area contributed by atoms with Crippen molar-refractivity contribution >= 4 is 0 Å². The third-order valence-electron chi connectivity index (χ3n) is 4.97. The number of unbranched alkanes of at least 4 members (excludes halogenated alkanes) is 2. The highest BCUT2D eigenvalue weighted by molar-refractivity contribution is 4.80. The number of hydrogen-bond acceptors (Lipinski definition) is 2. The third kappa shape index (κ3) is 7.08. The van der Waals surface area contributed by atoms with Crippen molar-refractivity contribution in [3.63, 3.8) is 0 Å². The van der Waals surface area contributed by atoms with Crippen LogP contribution in [-0.4, -0.2) is 37.1 Å². The number of rotatable bonds is 8. The van der Waals surface area contributed by atoms with Gasteiger partial charge in [-0.2, -0.15) is 0 Å². The van der Waals surface area contributed by atoms with E-state index < -0.39 is 0 Å². The van der Waals surface area contributed by atoms with Crippen LogP contribution in [0.15, 0.2) is 0 Å². The standard InChI is InChI=1S/C18H38N2/c1-6-7-8-9-16(2)19-12-15-20-13-10-17(11-14-20)18(3,4)5/h16-17,19H,6-15H2,1-5H3. The molecule has 0 spiro atoms. The van der Waals surface area contributed by atoms with Gasteiger partial charge in [0.25, 0.3) is 0 Å². The minimum atomic E-state index is 0.498. The third-order valence-corrected chi connectivity index (χ3v) is 4.97. The smallest absolute Gasteiger partial charge is 0.0107 e. The number of likely N-dealkylation sites (tertiary alicyclic amines) is 1. The highest BCUT2D eigenvalue weighted by Gasteiger charge is 2.28. The quantitative estimate of drug-likeness (QED) is 0.668. The molecule has 1 saturated heterocycles. The Balaban J connectivity index is 2.07. The maximum absolute atomic E-state index is 3.69. The van der Waals surface area contributed by atoms with Crippen LogP contribution in [-0.2, 0) is 0 Å². The van der Waals surface area contributed by atoms with Gasteiger partial charge in [0.1, 0.15) is 0 Å². The van der Waals surface area contributed by atoms with Gasteiger partial charge >= 0.3 is 0 Å². The first-order valence-corrected chi connectivity index (χ1v) is 8.89. The van der Waals surface area contributed by atoms with Crippen molar-refractivity contribution in [2.45, 2.75) is 79.2 Å². The largest absolute Gasteiger partial charge is 0.313 e. The van der Waals surface area contributed by atoms with Crippen molar-refractivity contribution in [2.24, 2.45) is 11.3 Å². The van der Waals surface area contributed by atoms with Crippen molar-refractivity contribution in [1.82, 2.24) is 10.2 Å².